The lowest BCUT2D eigenvalue weighted by atomic mass is 9.85. The quantitative estimate of drug-likeness (QED) is 0.723. The summed E-state index contributed by atoms with van der Waals surface area (Å²) in [7, 11) is 0. The number of carbonyl (C=O) groups excluding carboxylic acids is 1. The van der Waals surface area contributed by atoms with E-state index in [9.17, 15) is 4.79 Å². The summed E-state index contributed by atoms with van der Waals surface area (Å²) < 4.78 is 5.36. The number of aromatic nitrogens is 2. The zero-order chi connectivity index (χ0) is 17.2. The first kappa shape index (κ1) is 15.8. The van der Waals surface area contributed by atoms with E-state index in [2.05, 4.69) is 15.5 Å². The average Bonchev–Trinajstić information content (AvgIpc) is 3.05. The van der Waals surface area contributed by atoms with E-state index in [0.717, 1.165) is 18.4 Å². The van der Waals surface area contributed by atoms with E-state index >= 15 is 0 Å². The largest absolute Gasteiger partial charge is 0.339 e. The molecule has 1 aromatic heterocycles. The van der Waals surface area contributed by atoms with Crippen molar-refractivity contribution in [1.29, 1.82) is 0 Å². The third-order valence-electron chi connectivity index (χ3n) is 4.38. The van der Waals surface area contributed by atoms with Crippen molar-refractivity contribution in [2.75, 3.05) is 5.32 Å². The highest BCUT2D eigenvalue weighted by Crippen LogP contribution is 2.36. The maximum absolute atomic E-state index is 12.4. The summed E-state index contributed by atoms with van der Waals surface area (Å²) in [5, 5.41) is 7.52. The molecule has 0 unspecified atom stereocenters. The van der Waals surface area contributed by atoms with Crippen molar-refractivity contribution >= 4 is 23.2 Å². The number of carbonyl (C=O) groups is 1. The second kappa shape index (κ2) is 6.69. The smallest absolute Gasteiger partial charge is 0.255 e. The lowest BCUT2D eigenvalue weighted by molar-refractivity contribution is 0.102. The molecule has 25 heavy (non-hydrogen) atoms. The van der Waals surface area contributed by atoms with Gasteiger partial charge in [-0.1, -0.05) is 35.3 Å². The molecule has 1 fully saturated rings. The van der Waals surface area contributed by atoms with Crippen LogP contribution < -0.4 is 5.32 Å². The Hall–Kier alpha value is -2.66. The summed E-state index contributed by atoms with van der Waals surface area (Å²) in [5.41, 5.74) is 1.98. The second-order valence-electron chi connectivity index (χ2n) is 6.13. The molecule has 6 heteroatoms. The van der Waals surface area contributed by atoms with Gasteiger partial charge in [0.25, 0.3) is 5.91 Å². The summed E-state index contributed by atoms with van der Waals surface area (Å²) in [6.07, 6.45) is 3.42. The third-order valence-corrected chi connectivity index (χ3v) is 4.63. The highest BCUT2D eigenvalue weighted by atomic mass is 35.5. The van der Waals surface area contributed by atoms with Crippen molar-refractivity contribution in [1.82, 2.24) is 10.1 Å². The Kier molecular flexibility index (Phi) is 4.24. The third kappa shape index (κ3) is 3.42. The van der Waals surface area contributed by atoms with E-state index in [1.807, 2.05) is 12.1 Å². The molecule has 4 rings (SSSR count). The van der Waals surface area contributed by atoms with Gasteiger partial charge >= 0.3 is 0 Å². The molecular weight excluding hydrogens is 338 g/mol. The van der Waals surface area contributed by atoms with E-state index in [1.54, 1.807) is 36.4 Å². The Balaban J connectivity index is 1.53. The highest BCUT2D eigenvalue weighted by Gasteiger charge is 2.25. The van der Waals surface area contributed by atoms with E-state index in [0.29, 0.717) is 33.9 Å². The van der Waals surface area contributed by atoms with E-state index in [1.165, 1.54) is 6.42 Å². The minimum absolute atomic E-state index is 0.202. The fourth-order valence-corrected chi connectivity index (χ4v) is 2.84. The van der Waals surface area contributed by atoms with Gasteiger partial charge in [0.2, 0.25) is 11.7 Å². The van der Waals surface area contributed by atoms with Gasteiger partial charge in [0, 0.05) is 27.8 Å². The lowest BCUT2D eigenvalue weighted by Gasteiger charge is -2.20. The molecule has 0 aliphatic heterocycles. The van der Waals surface area contributed by atoms with Gasteiger partial charge in [0.15, 0.2) is 0 Å². The molecule has 0 radical (unpaired) electrons. The molecule has 5 nitrogen and oxygen atoms in total. The van der Waals surface area contributed by atoms with Crippen molar-refractivity contribution in [2.45, 2.75) is 25.2 Å². The first-order valence-electron chi connectivity index (χ1n) is 8.20. The predicted octanol–water partition coefficient (Wildman–Crippen LogP) is 4.91. The molecule has 0 bridgehead atoms. The van der Waals surface area contributed by atoms with Crippen LogP contribution in [0.5, 0.6) is 0 Å². The number of benzene rings is 2. The van der Waals surface area contributed by atoms with E-state index < -0.39 is 0 Å². The molecule has 0 spiro atoms. The zero-order valence-corrected chi connectivity index (χ0v) is 14.2. The normalized spacial score (nSPS) is 14.1. The fourth-order valence-electron chi connectivity index (χ4n) is 2.71. The summed E-state index contributed by atoms with van der Waals surface area (Å²) in [6.45, 7) is 0. The zero-order valence-electron chi connectivity index (χ0n) is 13.4. The van der Waals surface area contributed by atoms with Crippen LogP contribution in [-0.4, -0.2) is 16.0 Å². The Morgan fingerprint density at radius 2 is 1.96 bits per heavy atom. The predicted molar refractivity (Wildman–Crippen MR) is 95.7 cm³/mol. The summed E-state index contributed by atoms with van der Waals surface area (Å²) in [6, 6.07) is 14.2. The van der Waals surface area contributed by atoms with Crippen LogP contribution in [0.4, 0.5) is 5.69 Å². The molecule has 126 valence electrons. The number of halogens is 1. The summed E-state index contributed by atoms with van der Waals surface area (Å²) in [5.74, 6) is 1.39. The standard InChI is InChI=1S/C19H16ClN3O2/c20-15-7-9-16(10-8-15)21-18(24)14-6-2-5-13(11-14)17-22-19(25-23-17)12-3-1-4-12/h2,5-12H,1,3-4H2,(H,21,24). The van der Waals surface area contributed by atoms with E-state index in [-0.39, 0.29) is 5.91 Å². The number of hydrogen-bond acceptors (Lipinski definition) is 4. The first-order chi connectivity index (χ1) is 12.2. The highest BCUT2D eigenvalue weighted by molar-refractivity contribution is 6.30. The van der Waals surface area contributed by atoms with Crippen LogP contribution in [0.1, 0.15) is 41.4 Å². The van der Waals surface area contributed by atoms with Crippen LogP contribution in [0.2, 0.25) is 5.02 Å². The maximum atomic E-state index is 12.4. The van der Waals surface area contributed by atoms with Gasteiger partial charge in [-0.3, -0.25) is 4.79 Å². The van der Waals surface area contributed by atoms with Gasteiger partial charge in [-0.2, -0.15) is 4.98 Å². The minimum atomic E-state index is -0.202. The van der Waals surface area contributed by atoms with Gasteiger partial charge < -0.3 is 9.84 Å². The molecule has 0 saturated heterocycles. The molecule has 1 heterocycles. The van der Waals surface area contributed by atoms with Crippen molar-refractivity contribution in [3.63, 3.8) is 0 Å². The van der Waals surface area contributed by atoms with Crippen LogP contribution in [0.15, 0.2) is 53.1 Å². The molecule has 1 aliphatic rings. The number of nitrogens with one attached hydrogen (secondary N) is 1. The monoisotopic (exact) mass is 353 g/mol. The molecule has 1 amide bonds. The summed E-state index contributed by atoms with van der Waals surface area (Å²) in [4.78, 5) is 16.9. The van der Waals surface area contributed by atoms with Gasteiger partial charge in [0.05, 0.1) is 0 Å². The number of anilines is 1. The Labute approximate surface area is 150 Å². The van der Waals surface area contributed by atoms with Gasteiger partial charge in [-0.05, 0) is 49.2 Å². The Bertz CT molecular complexity index is 901. The number of amides is 1. The van der Waals surface area contributed by atoms with Crippen molar-refractivity contribution in [2.24, 2.45) is 0 Å². The molecule has 1 saturated carbocycles. The molecule has 1 N–H and O–H groups in total. The number of nitrogens with zero attached hydrogens (tertiary/aromatic N) is 2. The van der Waals surface area contributed by atoms with Crippen LogP contribution >= 0.6 is 11.6 Å². The fraction of sp³-hybridized carbons (Fsp3) is 0.211. The average molecular weight is 354 g/mol. The summed E-state index contributed by atoms with van der Waals surface area (Å²) >= 11 is 5.86. The van der Waals surface area contributed by atoms with Crippen LogP contribution in [0.25, 0.3) is 11.4 Å². The van der Waals surface area contributed by atoms with Gasteiger partial charge in [-0.25, -0.2) is 0 Å². The first-order valence-corrected chi connectivity index (χ1v) is 8.58. The van der Waals surface area contributed by atoms with Crippen LogP contribution in [0.3, 0.4) is 0 Å². The van der Waals surface area contributed by atoms with Crippen molar-refractivity contribution < 1.29 is 9.32 Å². The lowest BCUT2D eigenvalue weighted by Crippen LogP contribution is -2.11. The van der Waals surface area contributed by atoms with Gasteiger partial charge in [0.1, 0.15) is 0 Å². The van der Waals surface area contributed by atoms with Crippen molar-refractivity contribution in [3.8, 4) is 11.4 Å². The van der Waals surface area contributed by atoms with Crippen LogP contribution in [-0.2, 0) is 0 Å². The number of hydrogen-bond donors (Lipinski definition) is 1. The maximum Gasteiger partial charge on any atom is 0.255 e. The Morgan fingerprint density at radius 3 is 2.68 bits per heavy atom. The number of rotatable bonds is 4. The van der Waals surface area contributed by atoms with Gasteiger partial charge in [-0.15, -0.1) is 0 Å². The molecule has 1 aliphatic carbocycles. The minimum Gasteiger partial charge on any atom is -0.339 e. The molecular formula is C19H16ClN3O2. The molecule has 2 aromatic carbocycles. The van der Waals surface area contributed by atoms with Crippen molar-refractivity contribution in [3.05, 3.63) is 65.0 Å². The van der Waals surface area contributed by atoms with E-state index in [4.69, 9.17) is 16.1 Å². The SMILES string of the molecule is O=C(Nc1ccc(Cl)cc1)c1cccc(-c2noc(C3CCC3)n2)c1. The van der Waals surface area contributed by atoms with Crippen LogP contribution in [0, 0.1) is 0 Å². The topological polar surface area (TPSA) is 68.0 Å². The molecule has 0 atom stereocenters. The second-order valence-corrected chi connectivity index (χ2v) is 6.56. The Morgan fingerprint density at radius 1 is 1.16 bits per heavy atom. The molecule has 3 aromatic rings.